The van der Waals surface area contributed by atoms with Crippen molar-refractivity contribution in [2.24, 2.45) is 0 Å². The lowest BCUT2D eigenvalue weighted by molar-refractivity contribution is 1.07. The Kier molecular flexibility index (Phi) is 2.95. The standard InChI is InChI=1S/C16H17N3/c1-3-14-16(17-13-7-5-4-6-8-13)19-10-9-12(2)11-15(19)18-14/h4-11,17H,3H2,1-2H3. The summed E-state index contributed by atoms with van der Waals surface area (Å²) >= 11 is 0. The maximum atomic E-state index is 4.69. The number of nitrogens with zero attached hydrogens (tertiary/aromatic N) is 2. The van der Waals surface area contributed by atoms with E-state index in [1.165, 1.54) is 5.56 Å². The lowest BCUT2D eigenvalue weighted by Crippen LogP contribution is -1.97. The number of aryl methyl sites for hydroxylation is 2. The van der Waals surface area contributed by atoms with Crippen molar-refractivity contribution in [1.29, 1.82) is 0 Å². The van der Waals surface area contributed by atoms with Crippen LogP contribution in [0.25, 0.3) is 5.65 Å². The third-order valence-corrected chi connectivity index (χ3v) is 3.23. The first-order valence-electron chi connectivity index (χ1n) is 6.57. The first kappa shape index (κ1) is 11.8. The van der Waals surface area contributed by atoms with Crippen LogP contribution in [0.4, 0.5) is 11.5 Å². The highest BCUT2D eigenvalue weighted by atomic mass is 15.1. The van der Waals surface area contributed by atoms with Crippen molar-refractivity contribution >= 4 is 17.2 Å². The van der Waals surface area contributed by atoms with E-state index in [2.05, 4.69) is 59.0 Å². The molecule has 0 saturated carbocycles. The fraction of sp³-hybridized carbons (Fsp3) is 0.188. The summed E-state index contributed by atoms with van der Waals surface area (Å²) < 4.78 is 2.11. The minimum absolute atomic E-state index is 0.913. The number of para-hydroxylation sites is 1. The molecule has 0 radical (unpaired) electrons. The van der Waals surface area contributed by atoms with Crippen LogP contribution in [-0.4, -0.2) is 9.38 Å². The van der Waals surface area contributed by atoms with Gasteiger partial charge in [0.2, 0.25) is 0 Å². The average molecular weight is 251 g/mol. The van der Waals surface area contributed by atoms with Gasteiger partial charge in [0.25, 0.3) is 0 Å². The highest BCUT2D eigenvalue weighted by Gasteiger charge is 2.10. The van der Waals surface area contributed by atoms with Gasteiger partial charge in [0.05, 0.1) is 5.69 Å². The monoisotopic (exact) mass is 251 g/mol. The Balaban J connectivity index is 2.11. The number of nitrogens with one attached hydrogen (secondary N) is 1. The SMILES string of the molecule is CCc1nc2cc(C)ccn2c1Nc1ccccc1. The fourth-order valence-electron chi connectivity index (χ4n) is 2.23. The van der Waals surface area contributed by atoms with Crippen LogP contribution in [0, 0.1) is 6.92 Å². The molecule has 0 aliphatic rings. The van der Waals surface area contributed by atoms with Crippen molar-refractivity contribution in [2.45, 2.75) is 20.3 Å². The van der Waals surface area contributed by atoms with Crippen LogP contribution < -0.4 is 5.32 Å². The predicted molar refractivity (Wildman–Crippen MR) is 79.0 cm³/mol. The van der Waals surface area contributed by atoms with E-state index in [0.717, 1.165) is 29.3 Å². The van der Waals surface area contributed by atoms with Crippen LogP contribution in [0.2, 0.25) is 0 Å². The zero-order valence-corrected chi connectivity index (χ0v) is 11.2. The first-order valence-corrected chi connectivity index (χ1v) is 6.57. The van der Waals surface area contributed by atoms with E-state index in [0.29, 0.717) is 0 Å². The van der Waals surface area contributed by atoms with Gasteiger partial charge in [-0.25, -0.2) is 4.98 Å². The fourth-order valence-corrected chi connectivity index (χ4v) is 2.23. The summed E-state index contributed by atoms with van der Waals surface area (Å²) in [5.41, 5.74) is 4.40. The first-order chi connectivity index (χ1) is 9.28. The quantitative estimate of drug-likeness (QED) is 0.763. The van der Waals surface area contributed by atoms with E-state index in [9.17, 15) is 0 Å². The molecule has 3 rings (SSSR count). The molecule has 96 valence electrons. The molecular weight excluding hydrogens is 234 g/mol. The van der Waals surface area contributed by atoms with Crippen molar-refractivity contribution in [1.82, 2.24) is 9.38 Å². The third-order valence-electron chi connectivity index (χ3n) is 3.23. The number of fused-ring (bicyclic) bond motifs is 1. The number of rotatable bonds is 3. The maximum Gasteiger partial charge on any atom is 0.138 e. The highest BCUT2D eigenvalue weighted by Crippen LogP contribution is 2.23. The van der Waals surface area contributed by atoms with E-state index in [1.54, 1.807) is 0 Å². The van der Waals surface area contributed by atoms with E-state index < -0.39 is 0 Å². The van der Waals surface area contributed by atoms with Crippen molar-refractivity contribution < 1.29 is 0 Å². The maximum absolute atomic E-state index is 4.69. The summed E-state index contributed by atoms with van der Waals surface area (Å²) in [6.07, 6.45) is 2.98. The summed E-state index contributed by atoms with van der Waals surface area (Å²) in [5, 5.41) is 3.47. The lowest BCUT2D eigenvalue weighted by atomic mass is 10.3. The summed E-state index contributed by atoms with van der Waals surface area (Å²) in [4.78, 5) is 4.69. The van der Waals surface area contributed by atoms with Crippen molar-refractivity contribution in [3.05, 3.63) is 59.9 Å². The Morgan fingerprint density at radius 1 is 1.16 bits per heavy atom. The van der Waals surface area contributed by atoms with Gasteiger partial charge in [0.1, 0.15) is 11.5 Å². The van der Waals surface area contributed by atoms with E-state index >= 15 is 0 Å². The van der Waals surface area contributed by atoms with Gasteiger partial charge in [-0.1, -0.05) is 25.1 Å². The minimum Gasteiger partial charge on any atom is -0.340 e. The molecule has 0 spiro atoms. The van der Waals surface area contributed by atoms with Gasteiger partial charge >= 0.3 is 0 Å². The average Bonchev–Trinajstić information content (AvgIpc) is 2.77. The molecule has 0 aliphatic heterocycles. The number of aromatic nitrogens is 2. The summed E-state index contributed by atoms with van der Waals surface area (Å²) in [5.74, 6) is 1.06. The van der Waals surface area contributed by atoms with Crippen molar-refractivity contribution in [3.8, 4) is 0 Å². The van der Waals surface area contributed by atoms with E-state index in [4.69, 9.17) is 0 Å². The van der Waals surface area contributed by atoms with Crippen LogP contribution in [-0.2, 0) is 6.42 Å². The van der Waals surface area contributed by atoms with E-state index in [1.807, 2.05) is 18.2 Å². The molecule has 19 heavy (non-hydrogen) atoms. The Labute approximate surface area is 112 Å². The van der Waals surface area contributed by atoms with Crippen LogP contribution in [0.5, 0.6) is 0 Å². The molecule has 0 fully saturated rings. The number of hydrogen-bond donors (Lipinski definition) is 1. The molecule has 3 aromatic rings. The number of imidazole rings is 1. The molecule has 0 bridgehead atoms. The Morgan fingerprint density at radius 3 is 2.68 bits per heavy atom. The second-order valence-electron chi connectivity index (χ2n) is 4.68. The molecule has 0 unspecified atom stereocenters. The van der Waals surface area contributed by atoms with Crippen LogP contribution in [0.3, 0.4) is 0 Å². The summed E-state index contributed by atoms with van der Waals surface area (Å²) in [6.45, 7) is 4.22. The molecule has 0 aliphatic carbocycles. The van der Waals surface area contributed by atoms with Gasteiger partial charge in [-0.05, 0) is 43.2 Å². The zero-order chi connectivity index (χ0) is 13.2. The minimum atomic E-state index is 0.913. The second kappa shape index (κ2) is 4.76. The van der Waals surface area contributed by atoms with Crippen molar-refractivity contribution in [3.63, 3.8) is 0 Å². The number of pyridine rings is 1. The molecule has 1 aromatic carbocycles. The Hall–Kier alpha value is -2.29. The second-order valence-corrected chi connectivity index (χ2v) is 4.68. The molecule has 0 amide bonds. The van der Waals surface area contributed by atoms with Gasteiger partial charge in [-0.3, -0.25) is 4.40 Å². The molecule has 3 nitrogen and oxygen atoms in total. The van der Waals surface area contributed by atoms with Gasteiger partial charge in [0, 0.05) is 11.9 Å². The number of benzene rings is 1. The molecule has 3 heteroatoms. The smallest absolute Gasteiger partial charge is 0.138 e. The lowest BCUT2D eigenvalue weighted by Gasteiger charge is -2.08. The van der Waals surface area contributed by atoms with Gasteiger partial charge in [-0.2, -0.15) is 0 Å². The third kappa shape index (κ3) is 2.19. The molecule has 0 atom stereocenters. The van der Waals surface area contributed by atoms with Gasteiger partial charge in [-0.15, -0.1) is 0 Å². The normalized spacial score (nSPS) is 10.8. The molecular formula is C16H17N3. The predicted octanol–water partition coefficient (Wildman–Crippen LogP) is 3.95. The molecule has 1 N–H and O–H groups in total. The van der Waals surface area contributed by atoms with Crippen molar-refractivity contribution in [2.75, 3.05) is 5.32 Å². The number of hydrogen-bond acceptors (Lipinski definition) is 2. The topological polar surface area (TPSA) is 29.3 Å². The molecule has 0 saturated heterocycles. The highest BCUT2D eigenvalue weighted by molar-refractivity contribution is 5.64. The zero-order valence-electron chi connectivity index (χ0n) is 11.2. The van der Waals surface area contributed by atoms with Crippen LogP contribution in [0.15, 0.2) is 48.7 Å². The van der Waals surface area contributed by atoms with Crippen LogP contribution in [0.1, 0.15) is 18.2 Å². The Morgan fingerprint density at radius 2 is 1.95 bits per heavy atom. The van der Waals surface area contributed by atoms with Gasteiger partial charge < -0.3 is 5.32 Å². The largest absolute Gasteiger partial charge is 0.340 e. The summed E-state index contributed by atoms with van der Waals surface area (Å²) in [6, 6.07) is 14.4. The van der Waals surface area contributed by atoms with E-state index in [-0.39, 0.29) is 0 Å². The van der Waals surface area contributed by atoms with Gasteiger partial charge in [0.15, 0.2) is 0 Å². The Bertz CT molecular complexity index is 699. The molecule has 2 aromatic heterocycles. The molecule has 2 heterocycles. The summed E-state index contributed by atoms with van der Waals surface area (Å²) in [7, 11) is 0. The number of anilines is 2. The van der Waals surface area contributed by atoms with Crippen LogP contribution >= 0.6 is 0 Å².